The molecule has 0 aliphatic carbocycles. The van der Waals surface area contributed by atoms with E-state index in [1.54, 1.807) is 38.1 Å². The van der Waals surface area contributed by atoms with Gasteiger partial charge in [-0.15, -0.1) is 12.6 Å². The van der Waals surface area contributed by atoms with E-state index in [1.165, 1.54) is 11.1 Å². The number of carbonyl (C=O) groups is 3. The number of aryl methyl sites for hydroxylation is 1. The van der Waals surface area contributed by atoms with Crippen LogP contribution in [-0.2, 0) is 17.4 Å². The summed E-state index contributed by atoms with van der Waals surface area (Å²) in [6.07, 6.45) is -2.71. The van der Waals surface area contributed by atoms with Gasteiger partial charge in [0.15, 0.2) is 0 Å². The third-order valence-electron chi connectivity index (χ3n) is 6.37. The average Bonchev–Trinajstić information content (AvgIpc) is 3.01. The van der Waals surface area contributed by atoms with Crippen LogP contribution in [0.2, 0.25) is 0 Å². The molecule has 38 heavy (non-hydrogen) atoms. The van der Waals surface area contributed by atoms with Crippen molar-refractivity contribution in [2.45, 2.75) is 43.8 Å². The first-order valence-electron chi connectivity index (χ1n) is 11.7. The van der Waals surface area contributed by atoms with Gasteiger partial charge >= 0.3 is 12.2 Å². The molecular formula is C27H25F3N4O3S. The fourth-order valence-corrected chi connectivity index (χ4v) is 4.46. The molecule has 0 saturated carbocycles. The van der Waals surface area contributed by atoms with Crippen LogP contribution in [0.5, 0.6) is 0 Å². The van der Waals surface area contributed by atoms with Crippen molar-refractivity contribution in [3.63, 3.8) is 0 Å². The van der Waals surface area contributed by atoms with E-state index in [9.17, 15) is 27.6 Å². The van der Waals surface area contributed by atoms with Crippen LogP contribution in [0.25, 0.3) is 0 Å². The van der Waals surface area contributed by atoms with E-state index in [1.807, 2.05) is 19.1 Å². The predicted molar refractivity (Wildman–Crippen MR) is 139 cm³/mol. The maximum absolute atomic E-state index is 13.3. The van der Waals surface area contributed by atoms with Crippen molar-refractivity contribution < 1.29 is 27.6 Å². The first-order valence-corrected chi connectivity index (χ1v) is 12.1. The van der Waals surface area contributed by atoms with Crippen LogP contribution in [0, 0.1) is 6.92 Å². The van der Waals surface area contributed by atoms with E-state index in [-0.39, 0.29) is 23.0 Å². The monoisotopic (exact) mass is 542 g/mol. The van der Waals surface area contributed by atoms with Gasteiger partial charge in [-0.2, -0.15) is 13.2 Å². The number of nitrogens with zero attached hydrogens (tertiary/aromatic N) is 3. The Bertz CT molecular complexity index is 1410. The fraction of sp³-hybridized carbons (Fsp3) is 0.259. The number of pyridine rings is 1. The maximum Gasteiger partial charge on any atom is 0.416 e. The molecular weight excluding hydrogens is 517 g/mol. The Morgan fingerprint density at radius 3 is 2.37 bits per heavy atom. The van der Waals surface area contributed by atoms with E-state index in [0.717, 1.165) is 34.2 Å². The summed E-state index contributed by atoms with van der Waals surface area (Å²) in [5.41, 5.74) is 0.0920. The minimum absolute atomic E-state index is 0.0167. The zero-order chi connectivity index (χ0) is 27.8. The molecule has 1 fully saturated rings. The molecule has 0 unspecified atom stereocenters. The normalized spacial score (nSPS) is 15.2. The number of hydrogen-bond acceptors (Lipinski definition) is 5. The number of amides is 4. The van der Waals surface area contributed by atoms with Crippen LogP contribution in [0.4, 0.5) is 29.5 Å². The summed E-state index contributed by atoms with van der Waals surface area (Å²) < 4.78 is 39.2. The molecule has 0 radical (unpaired) electrons. The fourth-order valence-electron chi connectivity index (χ4n) is 4.14. The number of urea groups is 1. The van der Waals surface area contributed by atoms with Gasteiger partial charge in [-0.25, -0.2) is 14.7 Å². The highest BCUT2D eigenvalue weighted by Crippen LogP contribution is 2.38. The summed E-state index contributed by atoms with van der Waals surface area (Å²) in [5.74, 6) is -0.550. The van der Waals surface area contributed by atoms with Crippen molar-refractivity contribution in [1.82, 2.24) is 9.88 Å². The summed E-state index contributed by atoms with van der Waals surface area (Å²) in [6.45, 7) is 5.23. The number of hydrogen-bond donors (Lipinski definition) is 2. The van der Waals surface area contributed by atoms with Gasteiger partial charge in [-0.05, 0) is 75.2 Å². The summed E-state index contributed by atoms with van der Waals surface area (Å²) in [5, 5.41) is 2.75. The number of carbonyl (C=O) groups excluding carboxylic acids is 3. The zero-order valence-electron chi connectivity index (χ0n) is 20.8. The lowest BCUT2D eigenvalue weighted by Gasteiger charge is -2.27. The van der Waals surface area contributed by atoms with Gasteiger partial charge in [0.2, 0.25) is 0 Å². The predicted octanol–water partition coefficient (Wildman–Crippen LogP) is 5.74. The molecule has 1 aliphatic rings. The van der Waals surface area contributed by atoms with E-state index in [0.29, 0.717) is 17.8 Å². The Morgan fingerprint density at radius 2 is 1.74 bits per heavy atom. The number of aromatic nitrogens is 1. The number of thiol groups is 1. The first-order chi connectivity index (χ1) is 17.8. The second-order valence-corrected chi connectivity index (χ2v) is 9.94. The molecule has 4 amide bonds. The lowest BCUT2D eigenvalue weighted by Crippen LogP contribution is -2.45. The van der Waals surface area contributed by atoms with E-state index < -0.39 is 29.2 Å². The Hall–Kier alpha value is -3.86. The molecule has 11 heteroatoms. The number of nitrogens with one attached hydrogen (secondary N) is 1. The van der Waals surface area contributed by atoms with E-state index >= 15 is 0 Å². The number of alkyl halides is 3. The van der Waals surface area contributed by atoms with E-state index in [2.05, 4.69) is 22.9 Å². The molecule has 1 aliphatic heterocycles. The summed E-state index contributed by atoms with van der Waals surface area (Å²) >= 11 is 4.12. The highest BCUT2D eigenvalue weighted by molar-refractivity contribution is 7.80. The first kappa shape index (κ1) is 27.2. The minimum Gasteiger partial charge on any atom is -0.309 e. The average molecular weight is 543 g/mol. The van der Waals surface area contributed by atoms with Gasteiger partial charge < -0.3 is 10.2 Å². The highest BCUT2D eigenvalue weighted by atomic mass is 32.1. The van der Waals surface area contributed by atoms with Crippen molar-refractivity contribution in [3.05, 3.63) is 83.0 Å². The molecule has 2 heterocycles. The number of imide groups is 1. The summed E-state index contributed by atoms with van der Waals surface area (Å²) in [7, 11) is 0. The van der Waals surface area contributed by atoms with E-state index in [4.69, 9.17) is 0 Å². The van der Waals surface area contributed by atoms with Crippen LogP contribution in [0.15, 0.2) is 65.7 Å². The van der Waals surface area contributed by atoms with Gasteiger partial charge in [0.25, 0.3) is 11.8 Å². The molecule has 0 bridgehead atoms. The SMILES string of the molecule is Cc1ccc(C(=O)Nc2cc(CCN3C(=O)N(c4ccc(C(F)(F)F)cc4S)C(=O)C3(C)C)ccn2)cc1. The van der Waals surface area contributed by atoms with Gasteiger partial charge in [0, 0.05) is 23.2 Å². The number of rotatable bonds is 6. The second kappa shape index (κ2) is 10.1. The van der Waals surface area contributed by atoms with Crippen molar-refractivity contribution in [1.29, 1.82) is 0 Å². The smallest absolute Gasteiger partial charge is 0.309 e. The van der Waals surface area contributed by atoms with Gasteiger partial charge in [0.1, 0.15) is 11.4 Å². The largest absolute Gasteiger partial charge is 0.416 e. The quantitative estimate of drug-likeness (QED) is 0.308. The lowest BCUT2D eigenvalue weighted by molar-refractivity contribution is -0.137. The Kier molecular flexibility index (Phi) is 7.24. The number of halogens is 3. The van der Waals surface area contributed by atoms with Crippen LogP contribution in [-0.4, -0.2) is 39.8 Å². The summed E-state index contributed by atoms with van der Waals surface area (Å²) in [6, 6.07) is 12.5. The van der Waals surface area contributed by atoms with Crippen LogP contribution in [0.3, 0.4) is 0 Å². The molecule has 7 nitrogen and oxygen atoms in total. The molecule has 0 atom stereocenters. The molecule has 1 aromatic heterocycles. The zero-order valence-corrected chi connectivity index (χ0v) is 21.7. The van der Waals surface area contributed by atoms with Crippen LogP contribution >= 0.6 is 12.6 Å². The Labute approximate surface area is 223 Å². The molecule has 198 valence electrons. The highest BCUT2D eigenvalue weighted by Gasteiger charge is 2.52. The van der Waals surface area contributed by atoms with Crippen molar-refractivity contribution in [2.75, 3.05) is 16.8 Å². The number of benzene rings is 2. The molecule has 2 aromatic carbocycles. The van der Waals surface area contributed by atoms with Crippen molar-refractivity contribution in [3.8, 4) is 0 Å². The van der Waals surface area contributed by atoms with Crippen LogP contribution in [0.1, 0.15) is 40.9 Å². The van der Waals surface area contributed by atoms with Gasteiger partial charge in [-0.1, -0.05) is 17.7 Å². The topological polar surface area (TPSA) is 82.6 Å². The molecule has 0 spiro atoms. The van der Waals surface area contributed by atoms with Gasteiger partial charge in [-0.3, -0.25) is 9.59 Å². The third-order valence-corrected chi connectivity index (χ3v) is 6.73. The molecule has 3 aromatic rings. The second-order valence-electron chi connectivity index (χ2n) is 9.45. The minimum atomic E-state index is -4.58. The molecule has 1 N–H and O–H groups in total. The lowest BCUT2D eigenvalue weighted by atomic mass is 10.0. The maximum atomic E-state index is 13.3. The standard InChI is InChI=1S/C27H25F3N4O3S/c1-16-4-6-18(7-5-16)23(35)32-22-14-17(10-12-31-22)11-13-33-25(37)34(24(36)26(33,2)3)20-9-8-19(15-21(20)38)27(28,29)30/h4-10,12,14-15,38H,11,13H2,1-3H3,(H,31,32,35). The van der Waals surface area contributed by atoms with Gasteiger partial charge in [0.05, 0.1) is 11.3 Å². The Morgan fingerprint density at radius 1 is 1.05 bits per heavy atom. The van der Waals surface area contributed by atoms with Crippen LogP contribution < -0.4 is 10.2 Å². The number of anilines is 2. The Balaban J connectivity index is 1.49. The van der Waals surface area contributed by atoms with Crippen molar-refractivity contribution >= 4 is 42.0 Å². The molecule has 1 saturated heterocycles. The third kappa shape index (κ3) is 5.38. The van der Waals surface area contributed by atoms with Crippen molar-refractivity contribution in [2.24, 2.45) is 0 Å². The molecule has 4 rings (SSSR count). The summed E-state index contributed by atoms with van der Waals surface area (Å²) in [4.78, 5) is 45.3.